The lowest BCUT2D eigenvalue weighted by Gasteiger charge is -2.32. The predicted octanol–water partition coefficient (Wildman–Crippen LogP) is 4.11. The normalized spacial score (nSPS) is 15.0. The summed E-state index contributed by atoms with van der Waals surface area (Å²) >= 11 is 0. The monoisotopic (exact) mass is 341 g/mol. The fourth-order valence-corrected chi connectivity index (χ4v) is 3.01. The van der Waals surface area contributed by atoms with E-state index in [1.807, 2.05) is 12.1 Å². The van der Waals surface area contributed by atoms with Gasteiger partial charge < -0.3 is 15.5 Å². The second-order valence-electron chi connectivity index (χ2n) is 6.63. The van der Waals surface area contributed by atoms with Gasteiger partial charge in [-0.15, -0.1) is 0 Å². The van der Waals surface area contributed by atoms with Crippen LogP contribution in [0.4, 0.5) is 21.5 Å². The second-order valence-corrected chi connectivity index (χ2v) is 6.63. The van der Waals surface area contributed by atoms with Crippen LogP contribution in [0.2, 0.25) is 0 Å². The molecule has 25 heavy (non-hydrogen) atoms. The molecule has 2 aromatic rings. The molecule has 1 amide bonds. The van der Waals surface area contributed by atoms with Gasteiger partial charge in [0.1, 0.15) is 5.82 Å². The van der Waals surface area contributed by atoms with E-state index < -0.39 is 0 Å². The van der Waals surface area contributed by atoms with E-state index in [0.717, 1.165) is 24.7 Å². The largest absolute Gasteiger partial charge is 0.376 e. The Hall–Kier alpha value is -2.56. The average molecular weight is 341 g/mol. The molecule has 1 saturated heterocycles. The summed E-state index contributed by atoms with van der Waals surface area (Å²) in [6.07, 6.45) is 2.47. The van der Waals surface area contributed by atoms with E-state index in [1.165, 1.54) is 30.7 Å². The lowest BCUT2D eigenvalue weighted by atomic mass is 9.99. The van der Waals surface area contributed by atoms with Crippen LogP contribution >= 0.6 is 0 Å². The van der Waals surface area contributed by atoms with Crippen molar-refractivity contribution >= 4 is 23.0 Å². The lowest BCUT2D eigenvalue weighted by Crippen LogP contribution is -2.32. The summed E-state index contributed by atoms with van der Waals surface area (Å²) in [5, 5.41) is 5.76. The number of halogens is 1. The van der Waals surface area contributed by atoms with E-state index in [0.29, 0.717) is 5.69 Å². The molecule has 0 atom stereocenters. The number of rotatable bonds is 5. The number of amides is 1. The summed E-state index contributed by atoms with van der Waals surface area (Å²) in [4.78, 5) is 14.3. The highest BCUT2D eigenvalue weighted by Gasteiger charge is 2.15. The van der Waals surface area contributed by atoms with Crippen molar-refractivity contribution in [2.45, 2.75) is 19.8 Å². The summed E-state index contributed by atoms with van der Waals surface area (Å²) < 4.78 is 13.1. The zero-order valence-electron chi connectivity index (χ0n) is 14.5. The number of hydrogen-bond donors (Lipinski definition) is 2. The number of hydrogen-bond acceptors (Lipinski definition) is 3. The smallest absolute Gasteiger partial charge is 0.243 e. The van der Waals surface area contributed by atoms with Gasteiger partial charge in [0.15, 0.2) is 0 Å². The number of nitrogens with one attached hydrogen (secondary N) is 2. The third kappa shape index (κ3) is 4.95. The summed E-state index contributed by atoms with van der Waals surface area (Å²) in [5.41, 5.74) is 2.58. The van der Waals surface area contributed by atoms with Crippen molar-refractivity contribution in [3.63, 3.8) is 0 Å². The highest BCUT2D eigenvalue weighted by atomic mass is 19.1. The summed E-state index contributed by atoms with van der Waals surface area (Å²) in [6, 6.07) is 14.0. The van der Waals surface area contributed by atoms with E-state index in [2.05, 4.69) is 34.6 Å². The van der Waals surface area contributed by atoms with Crippen LogP contribution in [0, 0.1) is 11.7 Å². The first-order chi connectivity index (χ1) is 12.1. The van der Waals surface area contributed by atoms with Gasteiger partial charge in [-0.1, -0.05) is 13.0 Å². The SMILES string of the molecule is CC1CCN(c2ccc(NCC(=O)Nc3cccc(F)c3)cc2)CC1. The Labute approximate surface area is 148 Å². The molecule has 2 N–H and O–H groups in total. The second kappa shape index (κ2) is 8.01. The molecule has 0 saturated carbocycles. The minimum absolute atomic E-state index is 0.136. The quantitative estimate of drug-likeness (QED) is 0.860. The first-order valence-electron chi connectivity index (χ1n) is 8.74. The standard InChI is InChI=1S/C20H24FN3O/c1-15-9-11-24(12-10-15)19-7-5-17(6-8-19)22-14-20(25)23-18-4-2-3-16(21)13-18/h2-8,13,15,22H,9-12,14H2,1H3,(H,23,25). The van der Waals surface area contributed by atoms with Crippen LogP contribution in [0.5, 0.6) is 0 Å². The fourth-order valence-electron chi connectivity index (χ4n) is 3.01. The summed E-state index contributed by atoms with van der Waals surface area (Å²) in [7, 11) is 0. The Kier molecular flexibility index (Phi) is 5.53. The number of carbonyl (C=O) groups is 1. The molecule has 1 aliphatic heterocycles. The van der Waals surface area contributed by atoms with E-state index in [9.17, 15) is 9.18 Å². The maximum absolute atomic E-state index is 13.1. The summed E-state index contributed by atoms with van der Waals surface area (Å²) in [6.45, 7) is 4.64. The lowest BCUT2D eigenvalue weighted by molar-refractivity contribution is -0.114. The van der Waals surface area contributed by atoms with Gasteiger partial charge in [-0.25, -0.2) is 4.39 Å². The maximum atomic E-state index is 13.1. The zero-order chi connectivity index (χ0) is 17.6. The van der Waals surface area contributed by atoms with Gasteiger partial charge in [0.25, 0.3) is 0 Å². The molecule has 1 heterocycles. The first-order valence-corrected chi connectivity index (χ1v) is 8.74. The molecule has 0 unspecified atom stereocenters. The summed E-state index contributed by atoms with van der Waals surface area (Å²) in [5.74, 6) is 0.238. The van der Waals surface area contributed by atoms with Gasteiger partial charge >= 0.3 is 0 Å². The minimum atomic E-state index is -0.367. The van der Waals surface area contributed by atoms with E-state index in [-0.39, 0.29) is 18.3 Å². The molecule has 5 heteroatoms. The van der Waals surface area contributed by atoms with Crippen LogP contribution in [-0.4, -0.2) is 25.5 Å². The van der Waals surface area contributed by atoms with Gasteiger partial charge in [-0.2, -0.15) is 0 Å². The molecule has 2 aromatic carbocycles. The van der Waals surface area contributed by atoms with Gasteiger partial charge in [0, 0.05) is 30.2 Å². The Morgan fingerprint density at radius 1 is 1.12 bits per heavy atom. The third-order valence-electron chi connectivity index (χ3n) is 4.58. The topological polar surface area (TPSA) is 44.4 Å². The van der Waals surface area contributed by atoms with Crippen molar-refractivity contribution in [2.24, 2.45) is 5.92 Å². The number of anilines is 3. The molecule has 0 aromatic heterocycles. The molecular formula is C20H24FN3O. The molecule has 0 spiro atoms. The van der Waals surface area contributed by atoms with Crippen LogP contribution in [0.1, 0.15) is 19.8 Å². The molecule has 0 bridgehead atoms. The molecule has 132 valence electrons. The van der Waals surface area contributed by atoms with Crippen LogP contribution in [0.15, 0.2) is 48.5 Å². The van der Waals surface area contributed by atoms with Crippen LogP contribution in [0.25, 0.3) is 0 Å². The Balaban J connectivity index is 1.49. The maximum Gasteiger partial charge on any atom is 0.243 e. The van der Waals surface area contributed by atoms with Crippen molar-refractivity contribution in [3.05, 3.63) is 54.3 Å². The molecule has 1 fully saturated rings. The number of carbonyl (C=O) groups excluding carboxylic acids is 1. The average Bonchev–Trinajstić information content (AvgIpc) is 2.61. The van der Waals surface area contributed by atoms with Gasteiger partial charge in [0.05, 0.1) is 6.54 Å². The highest BCUT2D eigenvalue weighted by molar-refractivity contribution is 5.93. The van der Waals surface area contributed by atoms with Crippen LogP contribution in [-0.2, 0) is 4.79 Å². The van der Waals surface area contributed by atoms with Gasteiger partial charge in [0.2, 0.25) is 5.91 Å². The molecule has 0 radical (unpaired) electrons. The van der Waals surface area contributed by atoms with Crippen molar-refractivity contribution in [3.8, 4) is 0 Å². The number of nitrogens with zero attached hydrogens (tertiary/aromatic N) is 1. The number of benzene rings is 2. The molecular weight excluding hydrogens is 317 g/mol. The first kappa shape index (κ1) is 17.3. The molecule has 1 aliphatic rings. The van der Waals surface area contributed by atoms with Crippen molar-refractivity contribution in [1.82, 2.24) is 0 Å². The van der Waals surface area contributed by atoms with Crippen LogP contribution in [0.3, 0.4) is 0 Å². The Morgan fingerprint density at radius 3 is 2.52 bits per heavy atom. The van der Waals surface area contributed by atoms with E-state index in [4.69, 9.17) is 0 Å². The zero-order valence-corrected chi connectivity index (χ0v) is 14.5. The van der Waals surface area contributed by atoms with Gasteiger partial charge in [-0.3, -0.25) is 4.79 Å². The Morgan fingerprint density at radius 2 is 1.84 bits per heavy atom. The predicted molar refractivity (Wildman–Crippen MR) is 101 cm³/mol. The molecule has 3 rings (SSSR count). The van der Waals surface area contributed by atoms with Crippen molar-refractivity contribution < 1.29 is 9.18 Å². The van der Waals surface area contributed by atoms with Crippen LogP contribution < -0.4 is 15.5 Å². The Bertz CT molecular complexity index is 709. The fraction of sp³-hybridized carbons (Fsp3) is 0.350. The minimum Gasteiger partial charge on any atom is -0.376 e. The molecule has 4 nitrogen and oxygen atoms in total. The highest BCUT2D eigenvalue weighted by Crippen LogP contribution is 2.24. The van der Waals surface area contributed by atoms with E-state index in [1.54, 1.807) is 12.1 Å². The van der Waals surface area contributed by atoms with E-state index >= 15 is 0 Å². The third-order valence-corrected chi connectivity index (χ3v) is 4.58. The van der Waals surface area contributed by atoms with Gasteiger partial charge in [-0.05, 0) is 61.2 Å². The molecule has 0 aliphatic carbocycles. The van der Waals surface area contributed by atoms with Crippen molar-refractivity contribution in [1.29, 1.82) is 0 Å². The number of piperidine rings is 1. The van der Waals surface area contributed by atoms with Crippen molar-refractivity contribution in [2.75, 3.05) is 35.2 Å².